The number of nitrogens with zero attached hydrogens (tertiary/aromatic N) is 3. The van der Waals surface area contributed by atoms with E-state index < -0.39 is 24.5 Å². The van der Waals surface area contributed by atoms with Crippen molar-refractivity contribution in [2.75, 3.05) is 39.8 Å². The minimum absolute atomic E-state index is 0.131. The zero-order valence-electron chi connectivity index (χ0n) is 24.7. The first-order valence-electron chi connectivity index (χ1n) is 14.3. The highest BCUT2D eigenvalue weighted by atomic mass is 16.5. The fraction of sp³-hybridized carbons (Fsp3) is 0.387. The second-order valence-electron chi connectivity index (χ2n) is 10.6. The number of carbonyl (C=O) groups is 4. The third-order valence-electron chi connectivity index (χ3n) is 7.13. The van der Waals surface area contributed by atoms with Gasteiger partial charge in [-0.25, -0.2) is 4.98 Å². The van der Waals surface area contributed by atoms with Gasteiger partial charge in [0.15, 0.2) is 6.61 Å². The number of H-pyrrole nitrogens is 1. The van der Waals surface area contributed by atoms with Gasteiger partial charge in [-0.05, 0) is 45.2 Å². The molecule has 4 N–H and O–H groups in total. The first-order chi connectivity index (χ1) is 20.6. The molecule has 3 aromatic rings. The quantitative estimate of drug-likeness (QED) is 0.357. The number of aromatic hydroxyl groups is 1. The van der Waals surface area contributed by atoms with Crippen molar-refractivity contribution >= 4 is 23.6 Å². The van der Waals surface area contributed by atoms with Crippen molar-refractivity contribution in [3.8, 4) is 22.9 Å². The average Bonchev–Trinajstić information content (AvgIpc) is 3.39. The lowest BCUT2D eigenvalue weighted by molar-refractivity contribution is -0.135. The number of ether oxygens (including phenoxy) is 1. The predicted octanol–water partition coefficient (Wildman–Crippen LogP) is 2.49. The van der Waals surface area contributed by atoms with E-state index in [1.54, 1.807) is 23.8 Å². The van der Waals surface area contributed by atoms with Crippen LogP contribution in [0.4, 0.5) is 0 Å². The number of nitrogens with one attached hydrogen (secondary N) is 3. The molecule has 43 heavy (non-hydrogen) atoms. The molecule has 4 rings (SSSR count). The van der Waals surface area contributed by atoms with E-state index in [1.165, 1.54) is 18.2 Å². The van der Waals surface area contributed by atoms with Crippen LogP contribution in [0.5, 0.6) is 11.5 Å². The summed E-state index contributed by atoms with van der Waals surface area (Å²) in [5.74, 6) is -0.889. The molecule has 2 aromatic carbocycles. The maximum Gasteiger partial charge on any atom is 0.274 e. The molecule has 0 radical (unpaired) electrons. The van der Waals surface area contributed by atoms with E-state index in [0.29, 0.717) is 56.1 Å². The van der Waals surface area contributed by atoms with Crippen molar-refractivity contribution in [3.05, 3.63) is 65.5 Å². The molecule has 1 aliphatic rings. The molecule has 12 nitrogen and oxygen atoms in total. The van der Waals surface area contributed by atoms with Gasteiger partial charge in [-0.15, -0.1) is 0 Å². The summed E-state index contributed by atoms with van der Waals surface area (Å²) in [5.41, 5.74) is 2.02. The van der Waals surface area contributed by atoms with Crippen LogP contribution in [0.2, 0.25) is 0 Å². The van der Waals surface area contributed by atoms with E-state index in [4.69, 9.17) is 4.74 Å². The smallest absolute Gasteiger partial charge is 0.274 e. The van der Waals surface area contributed by atoms with E-state index >= 15 is 0 Å². The predicted molar refractivity (Wildman–Crippen MR) is 160 cm³/mol. The molecule has 0 saturated heterocycles. The van der Waals surface area contributed by atoms with Crippen LogP contribution in [0.15, 0.2) is 48.5 Å². The average molecular weight is 591 g/mol. The van der Waals surface area contributed by atoms with Crippen LogP contribution in [0, 0.1) is 6.92 Å². The standard InChI is InChI=1S/C31H38N6O6/c1-20-27(35-28(34-20)22-10-5-4-6-11-22)31(42)37-14-8-7-13-36(3)30(41)21(2)33-26(39)19-43-25-17-23(16-24(38)18-25)29(40)32-12-9-15-37/h4-6,10-11,16-18,21,38H,7-9,12-15,19H2,1-3H3,(H,32,40)(H,33,39)(H,34,35)/t21-/m0/s1. The summed E-state index contributed by atoms with van der Waals surface area (Å²) in [4.78, 5) is 62.8. The molecule has 0 aliphatic carbocycles. The van der Waals surface area contributed by atoms with Gasteiger partial charge in [-0.3, -0.25) is 19.2 Å². The Morgan fingerprint density at radius 2 is 1.72 bits per heavy atom. The van der Waals surface area contributed by atoms with E-state index in [-0.39, 0.29) is 35.4 Å². The fourth-order valence-electron chi connectivity index (χ4n) is 4.82. The Morgan fingerprint density at radius 3 is 2.49 bits per heavy atom. The summed E-state index contributed by atoms with van der Waals surface area (Å²) in [5, 5.41) is 15.5. The van der Waals surface area contributed by atoms with Crippen LogP contribution in [-0.4, -0.2) is 94.4 Å². The Kier molecular flexibility index (Phi) is 10.4. The van der Waals surface area contributed by atoms with Crippen molar-refractivity contribution in [3.63, 3.8) is 0 Å². The number of hydrogen-bond acceptors (Lipinski definition) is 7. The summed E-state index contributed by atoms with van der Waals surface area (Å²) in [6.45, 7) is 4.54. The minimum Gasteiger partial charge on any atom is -0.508 e. The van der Waals surface area contributed by atoms with Crippen LogP contribution in [0.25, 0.3) is 11.4 Å². The van der Waals surface area contributed by atoms with Crippen LogP contribution in [0.1, 0.15) is 52.7 Å². The highest BCUT2D eigenvalue weighted by Gasteiger charge is 2.23. The molecule has 0 unspecified atom stereocenters. The molecule has 228 valence electrons. The summed E-state index contributed by atoms with van der Waals surface area (Å²) >= 11 is 0. The van der Waals surface area contributed by atoms with Gasteiger partial charge in [-0.1, -0.05) is 30.3 Å². The van der Waals surface area contributed by atoms with Crippen LogP contribution < -0.4 is 15.4 Å². The van der Waals surface area contributed by atoms with Gasteiger partial charge in [0, 0.05) is 56.1 Å². The molecule has 0 spiro atoms. The zero-order valence-corrected chi connectivity index (χ0v) is 24.7. The van der Waals surface area contributed by atoms with Crippen LogP contribution in [0.3, 0.4) is 0 Å². The monoisotopic (exact) mass is 590 g/mol. The highest BCUT2D eigenvalue weighted by Crippen LogP contribution is 2.22. The largest absolute Gasteiger partial charge is 0.508 e. The number of fused-ring (bicyclic) bond motifs is 2. The number of rotatable bonds is 2. The van der Waals surface area contributed by atoms with Crippen LogP contribution in [-0.2, 0) is 9.59 Å². The fourth-order valence-corrected chi connectivity index (χ4v) is 4.82. The third kappa shape index (κ3) is 8.34. The highest BCUT2D eigenvalue weighted by molar-refractivity contribution is 5.95. The SMILES string of the molecule is Cc1[nH]c(-c2ccccc2)nc1C(=O)N1CCCCN(C)C(=O)[C@H](C)NC(=O)COc2cc(O)cc(c2)C(=O)NCCC1. The Hall–Kier alpha value is -4.87. The van der Waals surface area contributed by atoms with Crippen molar-refractivity contribution < 1.29 is 29.0 Å². The second kappa shape index (κ2) is 14.3. The lowest BCUT2D eigenvalue weighted by Gasteiger charge is -2.24. The molecular weight excluding hydrogens is 552 g/mol. The number of carbonyl (C=O) groups excluding carboxylic acids is 4. The molecule has 2 bridgehead atoms. The van der Waals surface area contributed by atoms with Gasteiger partial charge in [0.05, 0.1) is 0 Å². The van der Waals surface area contributed by atoms with Crippen molar-refractivity contribution in [1.82, 2.24) is 30.4 Å². The zero-order chi connectivity index (χ0) is 30.9. The Morgan fingerprint density at radius 1 is 1.00 bits per heavy atom. The number of phenols is 1. The number of hydrogen-bond donors (Lipinski definition) is 4. The van der Waals surface area contributed by atoms with E-state index in [9.17, 15) is 24.3 Å². The van der Waals surface area contributed by atoms with Gasteiger partial charge in [-0.2, -0.15) is 0 Å². The molecular formula is C31H38N6O6. The lowest BCUT2D eigenvalue weighted by atomic mass is 10.2. The second-order valence-corrected chi connectivity index (χ2v) is 10.6. The maximum absolute atomic E-state index is 13.7. The molecule has 4 amide bonds. The number of aryl methyl sites for hydroxylation is 1. The first-order valence-corrected chi connectivity index (χ1v) is 14.3. The molecule has 0 saturated carbocycles. The molecule has 1 aromatic heterocycles. The Labute approximate surface area is 250 Å². The van der Waals surface area contributed by atoms with E-state index in [0.717, 1.165) is 5.56 Å². The van der Waals surface area contributed by atoms with Crippen molar-refractivity contribution in [1.29, 1.82) is 0 Å². The molecule has 1 aliphatic heterocycles. The number of phenolic OH excluding ortho intramolecular Hbond substituents is 1. The Balaban J connectivity index is 1.51. The number of benzene rings is 2. The Bertz CT molecular complexity index is 1460. The van der Waals surface area contributed by atoms with Gasteiger partial charge >= 0.3 is 0 Å². The number of aromatic amines is 1. The van der Waals surface area contributed by atoms with Gasteiger partial charge < -0.3 is 35.3 Å². The summed E-state index contributed by atoms with van der Waals surface area (Å²) in [7, 11) is 1.67. The van der Waals surface area contributed by atoms with Gasteiger partial charge in [0.2, 0.25) is 5.91 Å². The van der Waals surface area contributed by atoms with Gasteiger partial charge in [0.1, 0.15) is 29.1 Å². The molecule has 12 heteroatoms. The molecule has 2 heterocycles. The number of likely N-dealkylation sites (N-methyl/N-ethyl adjacent to an activating group) is 1. The van der Waals surface area contributed by atoms with Crippen LogP contribution >= 0.6 is 0 Å². The lowest BCUT2D eigenvalue weighted by Crippen LogP contribution is -2.47. The van der Waals surface area contributed by atoms with Crippen molar-refractivity contribution in [2.45, 2.75) is 39.2 Å². The minimum atomic E-state index is -0.781. The summed E-state index contributed by atoms with van der Waals surface area (Å²) < 4.78 is 5.47. The molecule has 0 fully saturated rings. The molecule has 1 atom stereocenters. The summed E-state index contributed by atoms with van der Waals surface area (Å²) in [6, 6.07) is 12.8. The van der Waals surface area contributed by atoms with E-state index in [2.05, 4.69) is 20.6 Å². The normalized spacial score (nSPS) is 17.9. The first kappa shape index (κ1) is 31.1. The van der Waals surface area contributed by atoms with Gasteiger partial charge in [0.25, 0.3) is 17.7 Å². The topological polar surface area (TPSA) is 157 Å². The van der Waals surface area contributed by atoms with Crippen molar-refractivity contribution in [2.24, 2.45) is 0 Å². The maximum atomic E-state index is 13.7. The summed E-state index contributed by atoms with van der Waals surface area (Å²) in [6.07, 6.45) is 1.75. The third-order valence-corrected chi connectivity index (χ3v) is 7.13. The van der Waals surface area contributed by atoms with E-state index in [1.807, 2.05) is 37.3 Å². The number of aromatic nitrogens is 2. The number of imidazole rings is 1. The number of amides is 4.